The predicted molar refractivity (Wildman–Crippen MR) is 124 cm³/mol. The van der Waals surface area contributed by atoms with Gasteiger partial charge in [-0.25, -0.2) is 9.59 Å². The lowest BCUT2D eigenvalue weighted by Gasteiger charge is -2.50. The SMILES string of the molecule is CCOC(=O)n1nc2c(c1NC(=O)C1(C(C)(C)C)CCC1)CN(C(=O)OC(C)(C)C)C2(C)C. The number of aromatic nitrogens is 2. The summed E-state index contributed by atoms with van der Waals surface area (Å²) < 4.78 is 11.9. The average Bonchev–Trinajstić information content (AvgIpc) is 3.06. The predicted octanol–water partition coefficient (Wildman–Crippen LogP) is 5.03. The fourth-order valence-corrected chi connectivity index (χ4v) is 4.71. The molecule has 0 bridgehead atoms. The molecule has 0 saturated heterocycles. The summed E-state index contributed by atoms with van der Waals surface area (Å²) in [4.78, 5) is 40.8. The van der Waals surface area contributed by atoms with E-state index in [0.29, 0.717) is 11.3 Å². The highest BCUT2D eigenvalue weighted by Gasteiger charge is 2.54. The molecule has 1 aromatic heterocycles. The number of ether oxygens (including phenoxy) is 2. The second-order valence-corrected chi connectivity index (χ2v) is 11.6. The standard InChI is InChI=1S/C24H38N4O5/c1-10-32-20(31)28-17(25-18(29)24(12-11-13-24)21(2,3)4)15-14-27(19(30)33-22(5,6)7)23(8,9)16(15)26-28/h10-14H2,1-9H3,(H,25,29). The zero-order chi connectivity index (χ0) is 25.0. The van der Waals surface area contributed by atoms with E-state index in [0.717, 1.165) is 23.9 Å². The van der Waals surface area contributed by atoms with Crippen molar-refractivity contribution in [1.29, 1.82) is 0 Å². The number of hydrogen-bond donors (Lipinski definition) is 1. The van der Waals surface area contributed by atoms with Crippen molar-refractivity contribution in [3.05, 3.63) is 11.3 Å². The smallest absolute Gasteiger partial charge is 0.436 e. The van der Waals surface area contributed by atoms with Crippen molar-refractivity contribution >= 4 is 23.9 Å². The van der Waals surface area contributed by atoms with E-state index in [1.807, 2.05) is 34.6 Å². The molecule has 9 nitrogen and oxygen atoms in total. The monoisotopic (exact) mass is 462 g/mol. The molecule has 0 unspecified atom stereocenters. The first-order chi connectivity index (χ1) is 15.0. The Hall–Kier alpha value is -2.58. The fraction of sp³-hybridized carbons (Fsp3) is 0.750. The summed E-state index contributed by atoms with van der Waals surface area (Å²) in [7, 11) is 0. The largest absolute Gasteiger partial charge is 0.448 e. The molecule has 1 aliphatic carbocycles. The molecule has 33 heavy (non-hydrogen) atoms. The second kappa shape index (κ2) is 8.02. The highest BCUT2D eigenvalue weighted by atomic mass is 16.6. The van der Waals surface area contributed by atoms with E-state index in [2.05, 4.69) is 31.2 Å². The first kappa shape index (κ1) is 25.1. The van der Waals surface area contributed by atoms with Crippen LogP contribution >= 0.6 is 0 Å². The number of nitrogens with zero attached hydrogens (tertiary/aromatic N) is 3. The summed E-state index contributed by atoms with van der Waals surface area (Å²) in [5.74, 6) is 0.131. The molecule has 2 amide bonds. The van der Waals surface area contributed by atoms with Crippen molar-refractivity contribution in [1.82, 2.24) is 14.7 Å². The lowest BCUT2D eigenvalue weighted by molar-refractivity contribution is -0.139. The molecular weight excluding hydrogens is 424 g/mol. The van der Waals surface area contributed by atoms with Crippen LogP contribution in [-0.2, 0) is 26.4 Å². The Morgan fingerprint density at radius 3 is 2.12 bits per heavy atom. The summed E-state index contributed by atoms with van der Waals surface area (Å²) in [5.41, 5.74) is -1.10. The summed E-state index contributed by atoms with van der Waals surface area (Å²) in [5, 5.41) is 7.52. The third-order valence-corrected chi connectivity index (χ3v) is 6.92. The van der Waals surface area contributed by atoms with Crippen molar-refractivity contribution in [3.8, 4) is 0 Å². The summed E-state index contributed by atoms with van der Waals surface area (Å²) in [6.45, 7) is 17.4. The fourth-order valence-electron chi connectivity index (χ4n) is 4.71. The van der Waals surface area contributed by atoms with Gasteiger partial charge in [0.15, 0.2) is 0 Å². The molecule has 1 fully saturated rings. The van der Waals surface area contributed by atoms with Gasteiger partial charge in [0.05, 0.1) is 29.8 Å². The van der Waals surface area contributed by atoms with E-state index >= 15 is 0 Å². The number of hydrogen-bond acceptors (Lipinski definition) is 6. The molecular formula is C24H38N4O5. The van der Waals surface area contributed by atoms with Gasteiger partial charge in [-0.1, -0.05) is 27.2 Å². The highest BCUT2D eigenvalue weighted by molar-refractivity contribution is 5.98. The van der Waals surface area contributed by atoms with Crippen LogP contribution in [0.1, 0.15) is 92.8 Å². The number of amides is 2. The van der Waals surface area contributed by atoms with Crippen molar-refractivity contribution in [2.75, 3.05) is 11.9 Å². The Balaban J connectivity index is 2.02. The van der Waals surface area contributed by atoms with Gasteiger partial charge in [-0.15, -0.1) is 4.68 Å². The summed E-state index contributed by atoms with van der Waals surface area (Å²) >= 11 is 0. The Morgan fingerprint density at radius 2 is 1.67 bits per heavy atom. The van der Waals surface area contributed by atoms with Crippen LogP contribution < -0.4 is 5.32 Å². The van der Waals surface area contributed by atoms with Gasteiger partial charge in [-0.05, 0) is 59.8 Å². The number of nitrogens with one attached hydrogen (secondary N) is 1. The van der Waals surface area contributed by atoms with Crippen LogP contribution in [0.3, 0.4) is 0 Å². The normalized spacial score (nSPS) is 18.9. The maximum absolute atomic E-state index is 13.5. The van der Waals surface area contributed by atoms with Crippen LogP contribution in [0.2, 0.25) is 0 Å². The number of fused-ring (bicyclic) bond motifs is 1. The zero-order valence-electron chi connectivity index (χ0n) is 21.4. The third-order valence-electron chi connectivity index (χ3n) is 6.92. The minimum atomic E-state index is -0.840. The van der Waals surface area contributed by atoms with Crippen LogP contribution in [-0.4, -0.2) is 45.0 Å². The van der Waals surface area contributed by atoms with E-state index in [9.17, 15) is 14.4 Å². The van der Waals surface area contributed by atoms with Gasteiger partial charge < -0.3 is 14.8 Å². The molecule has 1 N–H and O–H groups in total. The average molecular weight is 463 g/mol. The Kier molecular flexibility index (Phi) is 6.09. The Bertz CT molecular complexity index is 961. The molecule has 0 radical (unpaired) electrons. The van der Waals surface area contributed by atoms with Gasteiger partial charge in [-0.3, -0.25) is 9.69 Å². The maximum atomic E-state index is 13.5. The topological polar surface area (TPSA) is 103 Å². The first-order valence-corrected chi connectivity index (χ1v) is 11.7. The lowest BCUT2D eigenvalue weighted by Crippen LogP contribution is -2.51. The van der Waals surface area contributed by atoms with E-state index in [1.54, 1.807) is 11.8 Å². The van der Waals surface area contributed by atoms with Crippen molar-refractivity contribution in [2.24, 2.45) is 10.8 Å². The zero-order valence-corrected chi connectivity index (χ0v) is 21.4. The van der Waals surface area contributed by atoms with Gasteiger partial charge in [0.25, 0.3) is 0 Å². The maximum Gasteiger partial charge on any atom is 0.436 e. The van der Waals surface area contributed by atoms with E-state index < -0.39 is 28.7 Å². The highest BCUT2D eigenvalue weighted by Crippen LogP contribution is 2.54. The van der Waals surface area contributed by atoms with Gasteiger partial charge in [-0.2, -0.15) is 5.10 Å². The quantitative estimate of drug-likeness (QED) is 0.676. The number of anilines is 1. The Morgan fingerprint density at radius 1 is 1.06 bits per heavy atom. The third kappa shape index (κ3) is 4.22. The number of carbonyl (C=O) groups is 3. The summed E-state index contributed by atoms with van der Waals surface area (Å²) in [6, 6.07) is 0. The Labute approximate surface area is 196 Å². The minimum Gasteiger partial charge on any atom is -0.448 e. The van der Waals surface area contributed by atoms with Gasteiger partial charge >= 0.3 is 12.2 Å². The molecule has 1 aromatic rings. The van der Waals surface area contributed by atoms with Crippen LogP contribution in [0.5, 0.6) is 0 Å². The molecule has 1 saturated carbocycles. The molecule has 0 atom stereocenters. The van der Waals surface area contributed by atoms with Crippen molar-refractivity contribution in [2.45, 2.75) is 99.3 Å². The van der Waals surface area contributed by atoms with E-state index in [-0.39, 0.29) is 30.3 Å². The summed E-state index contributed by atoms with van der Waals surface area (Å²) in [6.07, 6.45) is 1.41. The molecule has 0 spiro atoms. The first-order valence-electron chi connectivity index (χ1n) is 11.7. The molecule has 184 valence electrons. The molecule has 2 heterocycles. The van der Waals surface area contributed by atoms with Crippen LogP contribution in [0.25, 0.3) is 0 Å². The molecule has 2 aliphatic rings. The van der Waals surface area contributed by atoms with Gasteiger partial charge in [0, 0.05) is 5.56 Å². The lowest BCUT2D eigenvalue weighted by atomic mass is 9.54. The van der Waals surface area contributed by atoms with E-state index in [4.69, 9.17) is 9.47 Å². The van der Waals surface area contributed by atoms with Crippen molar-refractivity contribution < 1.29 is 23.9 Å². The molecule has 1 aliphatic heterocycles. The van der Waals surface area contributed by atoms with Crippen LogP contribution in [0.4, 0.5) is 15.4 Å². The second-order valence-electron chi connectivity index (χ2n) is 11.6. The number of carbonyl (C=O) groups excluding carboxylic acids is 3. The van der Waals surface area contributed by atoms with Gasteiger partial charge in [0.2, 0.25) is 5.91 Å². The van der Waals surface area contributed by atoms with Crippen molar-refractivity contribution in [3.63, 3.8) is 0 Å². The molecule has 3 rings (SSSR count). The molecule has 0 aromatic carbocycles. The molecule has 9 heteroatoms. The minimum absolute atomic E-state index is 0.136. The number of rotatable bonds is 3. The van der Waals surface area contributed by atoms with Crippen LogP contribution in [0.15, 0.2) is 0 Å². The van der Waals surface area contributed by atoms with Crippen LogP contribution in [0, 0.1) is 10.8 Å². The van der Waals surface area contributed by atoms with E-state index in [1.165, 1.54) is 0 Å². The van der Waals surface area contributed by atoms with Gasteiger partial charge in [0.1, 0.15) is 11.4 Å².